The molecule has 2 rings (SSSR count). The number of carbonyl (C=O) groups is 4. The van der Waals surface area contributed by atoms with E-state index in [9.17, 15) is 19.2 Å². The van der Waals surface area contributed by atoms with E-state index in [1.54, 1.807) is 42.3 Å². The molecule has 0 aliphatic rings. The van der Waals surface area contributed by atoms with E-state index in [4.69, 9.17) is 9.47 Å². The summed E-state index contributed by atoms with van der Waals surface area (Å²) in [5.41, 5.74) is 1.59. The summed E-state index contributed by atoms with van der Waals surface area (Å²) in [6.45, 7) is -0.211. The summed E-state index contributed by atoms with van der Waals surface area (Å²) >= 11 is 0. The zero-order valence-corrected chi connectivity index (χ0v) is 22.7. The van der Waals surface area contributed by atoms with Gasteiger partial charge in [-0.1, -0.05) is 60.7 Å². The molecular formula is C28H36N4O6. The molecule has 0 spiro atoms. The normalized spacial score (nSPS) is 12.3. The molecule has 0 aromatic heterocycles. The molecular weight excluding hydrogens is 488 g/mol. The number of nitrogens with zero attached hydrogens (tertiary/aromatic N) is 4. The van der Waals surface area contributed by atoms with Gasteiger partial charge < -0.3 is 29.1 Å². The zero-order chi connectivity index (χ0) is 28.2. The fraction of sp³-hybridized carbons (Fsp3) is 0.357. The molecule has 204 valence electrons. The van der Waals surface area contributed by atoms with Crippen LogP contribution in [0.5, 0.6) is 0 Å². The van der Waals surface area contributed by atoms with Crippen molar-refractivity contribution < 1.29 is 28.7 Å². The average Bonchev–Trinajstić information content (AvgIpc) is 2.91. The van der Waals surface area contributed by atoms with Gasteiger partial charge in [0.1, 0.15) is 13.2 Å². The second kappa shape index (κ2) is 14.4. The Hall–Kier alpha value is -4.34. The highest BCUT2D eigenvalue weighted by Crippen LogP contribution is 2.22. The van der Waals surface area contributed by atoms with Crippen LogP contribution in [-0.4, -0.2) is 99.1 Å². The third-order valence-electron chi connectivity index (χ3n) is 5.79. The minimum atomic E-state index is -0.756. The Bertz CT molecular complexity index is 1020. The highest BCUT2D eigenvalue weighted by molar-refractivity contribution is 5.91. The van der Waals surface area contributed by atoms with Crippen molar-refractivity contribution in [3.63, 3.8) is 0 Å². The number of hydrogen-bond donors (Lipinski definition) is 0. The Kier molecular flexibility index (Phi) is 11.3. The quantitative estimate of drug-likeness (QED) is 0.349. The molecule has 0 heterocycles. The van der Waals surface area contributed by atoms with Gasteiger partial charge in [-0.15, -0.1) is 0 Å². The molecule has 0 fully saturated rings. The molecule has 10 heteroatoms. The fourth-order valence-electron chi connectivity index (χ4n) is 3.67. The molecule has 0 radical (unpaired) electrons. The molecule has 0 bridgehead atoms. The van der Waals surface area contributed by atoms with E-state index in [2.05, 4.69) is 0 Å². The molecule has 0 saturated heterocycles. The fourth-order valence-corrected chi connectivity index (χ4v) is 3.67. The van der Waals surface area contributed by atoms with Gasteiger partial charge in [-0.2, -0.15) is 0 Å². The van der Waals surface area contributed by atoms with Gasteiger partial charge in [0.15, 0.2) is 0 Å². The van der Waals surface area contributed by atoms with Gasteiger partial charge in [-0.25, -0.2) is 19.2 Å². The molecule has 0 N–H and O–H groups in total. The maximum atomic E-state index is 12.5. The van der Waals surface area contributed by atoms with Crippen molar-refractivity contribution in [3.05, 3.63) is 83.9 Å². The number of ether oxygens (including phenoxy) is 2. The first-order chi connectivity index (χ1) is 18.0. The van der Waals surface area contributed by atoms with Crippen LogP contribution in [0.2, 0.25) is 0 Å². The van der Waals surface area contributed by atoms with Gasteiger partial charge in [-0.3, -0.25) is 0 Å². The van der Waals surface area contributed by atoms with Crippen molar-refractivity contribution in [3.8, 4) is 0 Å². The van der Waals surface area contributed by atoms with Crippen LogP contribution in [0, 0.1) is 0 Å². The van der Waals surface area contributed by atoms with Gasteiger partial charge in [0.25, 0.3) is 0 Å². The summed E-state index contributed by atoms with van der Waals surface area (Å²) in [7, 11) is 9.80. The van der Waals surface area contributed by atoms with Crippen molar-refractivity contribution in [1.82, 2.24) is 19.6 Å². The van der Waals surface area contributed by atoms with E-state index in [1.165, 1.54) is 19.6 Å². The summed E-state index contributed by atoms with van der Waals surface area (Å²) < 4.78 is 10.7. The second-order valence-electron chi connectivity index (χ2n) is 9.02. The van der Waals surface area contributed by atoms with Crippen molar-refractivity contribution in [2.24, 2.45) is 0 Å². The molecule has 10 nitrogen and oxygen atoms in total. The highest BCUT2D eigenvalue weighted by atomic mass is 16.5. The molecule has 38 heavy (non-hydrogen) atoms. The Morgan fingerprint density at radius 2 is 0.921 bits per heavy atom. The predicted molar refractivity (Wildman–Crippen MR) is 143 cm³/mol. The van der Waals surface area contributed by atoms with Gasteiger partial charge in [0.2, 0.25) is 0 Å². The van der Waals surface area contributed by atoms with Crippen LogP contribution in [0.1, 0.15) is 23.2 Å². The van der Waals surface area contributed by atoms with Gasteiger partial charge >= 0.3 is 24.0 Å². The molecule has 2 aromatic rings. The lowest BCUT2D eigenvalue weighted by Gasteiger charge is -2.30. The van der Waals surface area contributed by atoms with Crippen molar-refractivity contribution in [1.29, 1.82) is 0 Å². The Morgan fingerprint density at radius 3 is 1.21 bits per heavy atom. The third-order valence-corrected chi connectivity index (χ3v) is 5.79. The Balaban J connectivity index is 2.01. The van der Waals surface area contributed by atoms with E-state index in [1.807, 2.05) is 60.7 Å². The maximum Gasteiger partial charge on any atom is 0.331 e. The molecule has 0 aliphatic heterocycles. The molecule has 4 amide bonds. The van der Waals surface area contributed by atoms with E-state index in [-0.39, 0.29) is 25.3 Å². The number of esters is 2. The lowest BCUT2D eigenvalue weighted by molar-refractivity contribution is -0.142. The number of amides is 4. The summed E-state index contributed by atoms with van der Waals surface area (Å²) in [5.74, 6) is -1.51. The standard InChI is InChI=1S/C28H36N4O6/c1-29(2)27(35)31(5)23(21-13-9-7-10-14-21)19-37-25(33)17-18-26(34)38-20-24(22-15-11-8-12-16-22)32(6)28(36)30(3)4/h7-18,23-24H,19-20H2,1-6H3/b18-17+/t23-,24-/m0/s1. The second-order valence-corrected chi connectivity index (χ2v) is 9.02. The number of likely N-dealkylation sites (N-methyl/N-ethyl adjacent to an activating group) is 2. The first kappa shape index (κ1) is 29.9. The summed E-state index contributed by atoms with van der Waals surface area (Å²) in [4.78, 5) is 55.5. The molecule has 2 atom stereocenters. The monoisotopic (exact) mass is 524 g/mol. The SMILES string of the molecule is CN(C)C(=O)N(C)[C@@H](COC(=O)/C=C/C(=O)OC[C@@H](c1ccccc1)N(C)C(=O)N(C)C)c1ccccc1. The van der Waals surface area contributed by atoms with Crippen molar-refractivity contribution >= 4 is 24.0 Å². The van der Waals surface area contributed by atoms with Crippen LogP contribution in [0.3, 0.4) is 0 Å². The molecule has 0 saturated carbocycles. The van der Waals surface area contributed by atoms with Gasteiger partial charge in [0, 0.05) is 54.4 Å². The minimum absolute atomic E-state index is 0.105. The minimum Gasteiger partial charge on any atom is -0.460 e. The summed E-state index contributed by atoms with van der Waals surface area (Å²) in [5, 5.41) is 0. The largest absolute Gasteiger partial charge is 0.460 e. The number of carbonyl (C=O) groups excluding carboxylic acids is 4. The van der Waals surface area contributed by atoms with E-state index >= 15 is 0 Å². The number of hydrogen-bond acceptors (Lipinski definition) is 6. The maximum absolute atomic E-state index is 12.5. The Morgan fingerprint density at radius 1 is 0.605 bits per heavy atom. The van der Waals surface area contributed by atoms with Gasteiger partial charge in [0.05, 0.1) is 12.1 Å². The molecule has 0 aliphatic carbocycles. The van der Waals surface area contributed by atoms with E-state index in [0.717, 1.165) is 23.3 Å². The van der Waals surface area contributed by atoms with Crippen LogP contribution in [0.25, 0.3) is 0 Å². The molecule has 2 aromatic carbocycles. The van der Waals surface area contributed by atoms with Crippen LogP contribution >= 0.6 is 0 Å². The first-order valence-electron chi connectivity index (χ1n) is 12.0. The van der Waals surface area contributed by atoms with E-state index < -0.39 is 24.0 Å². The first-order valence-corrected chi connectivity index (χ1v) is 12.0. The van der Waals surface area contributed by atoms with Crippen LogP contribution in [-0.2, 0) is 19.1 Å². The number of benzene rings is 2. The predicted octanol–water partition coefficient (Wildman–Crippen LogP) is 3.34. The summed E-state index contributed by atoms with van der Waals surface area (Å²) in [6.07, 6.45) is 1.95. The number of urea groups is 2. The van der Waals surface area contributed by atoms with Crippen molar-refractivity contribution in [2.45, 2.75) is 12.1 Å². The third kappa shape index (κ3) is 8.65. The van der Waals surface area contributed by atoms with Crippen LogP contribution in [0.15, 0.2) is 72.8 Å². The zero-order valence-electron chi connectivity index (χ0n) is 22.7. The van der Waals surface area contributed by atoms with Crippen molar-refractivity contribution in [2.75, 3.05) is 55.5 Å². The topological polar surface area (TPSA) is 99.7 Å². The number of rotatable bonds is 10. The smallest absolute Gasteiger partial charge is 0.331 e. The van der Waals surface area contributed by atoms with Crippen LogP contribution < -0.4 is 0 Å². The Labute approximate surface area is 224 Å². The van der Waals surface area contributed by atoms with Crippen LogP contribution in [0.4, 0.5) is 9.59 Å². The lowest BCUT2D eigenvalue weighted by atomic mass is 10.1. The van der Waals surface area contributed by atoms with E-state index in [0.29, 0.717) is 0 Å². The molecule has 0 unspecified atom stereocenters. The van der Waals surface area contributed by atoms with Gasteiger partial charge in [-0.05, 0) is 11.1 Å². The summed E-state index contributed by atoms with van der Waals surface area (Å²) in [6, 6.07) is 16.9. The lowest BCUT2D eigenvalue weighted by Crippen LogP contribution is -2.40. The average molecular weight is 525 g/mol. The highest BCUT2D eigenvalue weighted by Gasteiger charge is 2.25.